The first-order valence-electron chi connectivity index (χ1n) is 8.95. The molecule has 1 saturated heterocycles. The van der Waals surface area contributed by atoms with Crippen LogP contribution in [0.25, 0.3) is 0 Å². The van der Waals surface area contributed by atoms with E-state index in [1.165, 1.54) is 44.9 Å². The van der Waals surface area contributed by atoms with Gasteiger partial charge in [-0.15, -0.1) is 0 Å². The third-order valence-electron chi connectivity index (χ3n) is 4.40. The van der Waals surface area contributed by atoms with Crippen molar-refractivity contribution in [3.05, 3.63) is 0 Å². The van der Waals surface area contributed by atoms with Gasteiger partial charge in [-0.3, -0.25) is 0 Å². The fourth-order valence-corrected chi connectivity index (χ4v) is 17.2. The Morgan fingerprint density at radius 3 is 1.91 bits per heavy atom. The Morgan fingerprint density at radius 1 is 0.957 bits per heavy atom. The van der Waals surface area contributed by atoms with E-state index in [1.54, 1.807) is 32.2 Å². The summed E-state index contributed by atoms with van der Waals surface area (Å²) < 4.78 is 3.24. The summed E-state index contributed by atoms with van der Waals surface area (Å²) in [5.41, 5.74) is 0. The van der Waals surface area contributed by atoms with Gasteiger partial charge < -0.3 is 0 Å². The Hall–Kier alpha value is 2.09. The van der Waals surface area contributed by atoms with Crippen molar-refractivity contribution < 1.29 is 30.5 Å². The van der Waals surface area contributed by atoms with E-state index in [1.807, 2.05) is 0 Å². The van der Waals surface area contributed by atoms with Gasteiger partial charge in [0.15, 0.2) is 0 Å². The molecule has 2 unspecified atom stereocenters. The molecule has 1 rings (SSSR count). The molecule has 1 aliphatic rings. The van der Waals surface area contributed by atoms with E-state index in [9.17, 15) is 4.89 Å². The first kappa shape index (κ1) is 25.1. The van der Waals surface area contributed by atoms with Crippen molar-refractivity contribution in [1.82, 2.24) is 0 Å². The van der Waals surface area contributed by atoms with Gasteiger partial charge in [-0.2, -0.15) is 0 Å². The van der Waals surface area contributed by atoms with Crippen molar-refractivity contribution in [3.63, 3.8) is 0 Å². The minimum absolute atomic E-state index is 0. The number of hydrogen-bond donors (Lipinski definition) is 1. The average Bonchev–Trinajstić information content (AvgIpc) is 3.22. The zero-order chi connectivity index (χ0) is 16.5. The Balaban J connectivity index is 0.00000484. The Morgan fingerprint density at radius 2 is 1.48 bits per heavy atom. The molecule has 140 valence electrons. The predicted octanol–water partition coefficient (Wildman–Crippen LogP) is 7.68. The second kappa shape index (κ2) is 12.5. The fraction of sp³-hybridized carbons (Fsp3) is 1.00. The standard InChI is InChI=1S/C16H35O2PS3.Mo/c1-5-9-11-15(7-3)13-18-19(17,21-22-19)20-14-16(8-4)12-10-6-2;/h15-17H,5-14H2,1-4H3;. The van der Waals surface area contributed by atoms with Crippen LogP contribution in [0.3, 0.4) is 0 Å². The van der Waals surface area contributed by atoms with Crippen molar-refractivity contribution >= 4 is 36.9 Å². The minimum Gasteiger partial charge on any atom is 0 e. The summed E-state index contributed by atoms with van der Waals surface area (Å²) in [6, 6.07) is 0. The van der Waals surface area contributed by atoms with Crippen LogP contribution in [0.1, 0.15) is 79.1 Å². The van der Waals surface area contributed by atoms with Gasteiger partial charge >= 0.3 is 150 Å². The maximum atomic E-state index is 11.0. The maximum Gasteiger partial charge on any atom is 0 e. The zero-order valence-electron chi connectivity index (χ0n) is 15.2. The second-order valence-corrected chi connectivity index (χ2v) is 21.6. The molecule has 0 aromatic heterocycles. The van der Waals surface area contributed by atoms with E-state index in [0.29, 0.717) is 5.92 Å². The summed E-state index contributed by atoms with van der Waals surface area (Å²) in [7, 11) is 3.23. The SMILES string of the molecule is CCCCC(CC)COP1(O)(SCC(CC)CCCC)SS1.[Mo]. The van der Waals surface area contributed by atoms with Gasteiger partial charge in [0.25, 0.3) is 0 Å². The molecule has 0 bridgehead atoms. The Kier molecular flexibility index (Phi) is 13.6. The van der Waals surface area contributed by atoms with Crippen LogP contribution in [0.4, 0.5) is 0 Å². The quantitative estimate of drug-likeness (QED) is 0.119. The third kappa shape index (κ3) is 9.55. The van der Waals surface area contributed by atoms with Gasteiger partial charge in [0, 0.05) is 21.1 Å². The van der Waals surface area contributed by atoms with Crippen molar-refractivity contribution in [2.75, 3.05) is 12.4 Å². The predicted molar refractivity (Wildman–Crippen MR) is 109 cm³/mol. The monoisotopic (exact) mass is 484 g/mol. The summed E-state index contributed by atoms with van der Waals surface area (Å²) in [5.74, 6) is 2.38. The molecular formula is C16H35MoO2PS3. The zero-order valence-corrected chi connectivity index (χ0v) is 20.5. The molecule has 0 amide bonds. The summed E-state index contributed by atoms with van der Waals surface area (Å²) in [4.78, 5) is 11.0. The van der Waals surface area contributed by atoms with E-state index in [4.69, 9.17) is 4.52 Å². The minimum atomic E-state index is -2.91. The molecule has 1 heterocycles. The Bertz CT molecular complexity index is 296. The summed E-state index contributed by atoms with van der Waals surface area (Å²) in [5, 5.41) is 0. The van der Waals surface area contributed by atoms with Gasteiger partial charge in [0.05, 0.1) is 0 Å². The summed E-state index contributed by atoms with van der Waals surface area (Å²) in [6.07, 6.45) is 9.96. The van der Waals surface area contributed by atoms with Crippen LogP contribution in [-0.2, 0) is 25.6 Å². The van der Waals surface area contributed by atoms with Gasteiger partial charge in [0.1, 0.15) is 0 Å². The van der Waals surface area contributed by atoms with Crippen LogP contribution in [0.5, 0.6) is 0 Å². The van der Waals surface area contributed by atoms with E-state index in [2.05, 4.69) is 27.7 Å². The van der Waals surface area contributed by atoms with Gasteiger partial charge in [0.2, 0.25) is 0 Å². The first-order valence-corrected chi connectivity index (χ1v) is 16.0. The Labute approximate surface area is 169 Å². The molecule has 0 aliphatic carbocycles. The maximum absolute atomic E-state index is 11.0. The molecule has 0 saturated carbocycles. The first-order chi connectivity index (χ1) is 10.5. The number of rotatable bonds is 14. The van der Waals surface area contributed by atoms with Gasteiger partial charge in [-0.1, -0.05) is 0 Å². The third-order valence-corrected chi connectivity index (χ3v) is 20.7. The van der Waals surface area contributed by atoms with Crippen molar-refractivity contribution in [1.29, 1.82) is 0 Å². The largest absolute Gasteiger partial charge is 0 e. The van der Waals surface area contributed by atoms with E-state index >= 15 is 0 Å². The topological polar surface area (TPSA) is 29.5 Å². The average molecular weight is 483 g/mol. The van der Waals surface area contributed by atoms with E-state index in [-0.39, 0.29) is 21.1 Å². The number of unbranched alkanes of at least 4 members (excludes halogenated alkanes) is 2. The van der Waals surface area contributed by atoms with E-state index in [0.717, 1.165) is 24.7 Å². The molecule has 1 N–H and O–H groups in total. The molecule has 0 radical (unpaired) electrons. The smallest absolute Gasteiger partial charge is 0 e. The van der Waals surface area contributed by atoms with Crippen LogP contribution in [0.2, 0.25) is 0 Å². The molecule has 0 spiro atoms. The van der Waals surface area contributed by atoms with E-state index < -0.39 is 4.66 Å². The molecule has 1 fully saturated rings. The second-order valence-electron chi connectivity index (χ2n) is 6.35. The van der Waals surface area contributed by atoms with Crippen LogP contribution in [0.15, 0.2) is 0 Å². The van der Waals surface area contributed by atoms with Crippen LogP contribution >= 0.6 is 36.9 Å². The van der Waals surface area contributed by atoms with Gasteiger partial charge in [-0.25, -0.2) is 0 Å². The van der Waals surface area contributed by atoms with Crippen molar-refractivity contribution in [2.24, 2.45) is 11.8 Å². The fourth-order valence-electron chi connectivity index (χ4n) is 2.42. The normalized spacial score (nSPS) is 22.4. The molecule has 0 aromatic carbocycles. The molecule has 2 atom stereocenters. The van der Waals surface area contributed by atoms with Crippen LogP contribution in [0, 0.1) is 11.8 Å². The molecule has 23 heavy (non-hydrogen) atoms. The van der Waals surface area contributed by atoms with Crippen LogP contribution in [-0.4, -0.2) is 17.3 Å². The molecular weight excluding hydrogens is 447 g/mol. The number of hydrogen-bond acceptors (Lipinski definition) is 5. The van der Waals surface area contributed by atoms with Crippen molar-refractivity contribution in [2.45, 2.75) is 79.1 Å². The molecule has 7 heteroatoms. The summed E-state index contributed by atoms with van der Waals surface area (Å²) >= 11 is 1.74. The molecule has 1 aliphatic heterocycles. The summed E-state index contributed by atoms with van der Waals surface area (Å²) in [6.45, 7) is 9.73. The van der Waals surface area contributed by atoms with Gasteiger partial charge in [-0.05, 0) is 0 Å². The van der Waals surface area contributed by atoms with Crippen molar-refractivity contribution in [3.8, 4) is 0 Å². The van der Waals surface area contributed by atoms with Crippen LogP contribution < -0.4 is 0 Å². The molecule has 0 aromatic rings. The molecule has 2 nitrogen and oxygen atoms in total.